The third-order valence-electron chi connectivity index (χ3n) is 6.53. The van der Waals surface area contributed by atoms with E-state index in [1.165, 1.54) is 11.1 Å². The Kier molecular flexibility index (Phi) is 7.98. The van der Waals surface area contributed by atoms with E-state index in [4.69, 9.17) is 0 Å². The molecule has 4 aromatic rings. The number of aromatic amines is 2. The Morgan fingerprint density at radius 3 is 1.17 bits per heavy atom. The number of H-pyrrole nitrogens is 2. The Bertz CT molecular complexity index is 1180. The van der Waals surface area contributed by atoms with Crippen LogP contribution in [0, 0.1) is 10.8 Å². The number of nitrogens with one attached hydrogen (secondary N) is 4. The van der Waals surface area contributed by atoms with Gasteiger partial charge < -0.3 is 18.6 Å². The summed E-state index contributed by atoms with van der Waals surface area (Å²) in [4.78, 5) is 16.3. The maximum absolute atomic E-state index is 4.64. The molecule has 2 heterocycles. The fourth-order valence-corrected chi connectivity index (χ4v) is 5.74. The van der Waals surface area contributed by atoms with Crippen molar-refractivity contribution in [1.29, 1.82) is 0 Å². The molecule has 0 amide bonds. The minimum Gasteiger partial charge on any atom is -0.406 e. The van der Waals surface area contributed by atoms with E-state index < -0.39 is 0 Å². The SMILES string of the molecule is CC(C)(C)[C@H]([NH][Al])c1ncc(-c2ccc(-c3ccc(-c4cnc([C@@H]([NH][Al])C(C)(C)C)[nH]4)cc3)cc2)[nH]1. The lowest BCUT2D eigenvalue weighted by molar-refractivity contribution is 0.297. The average molecular weight is 509 g/mol. The molecule has 8 heteroatoms. The topological polar surface area (TPSA) is 81.4 Å². The zero-order valence-electron chi connectivity index (χ0n) is 22.0. The molecular formula is C28H34Al2N6. The van der Waals surface area contributed by atoms with Gasteiger partial charge in [-0.1, -0.05) is 90.1 Å². The molecule has 4 radical (unpaired) electrons. The summed E-state index contributed by atoms with van der Waals surface area (Å²) >= 11 is 5.23. The third kappa shape index (κ3) is 5.87. The van der Waals surface area contributed by atoms with Gasteiger partial charge in [0.1, 0.15) is 11.6 Å². The van der Waals surface area contributed by atoms with Crippen LogP contribution in [-0.4, -0.2) is 53.0 Å². The number of aromatic nitrogens is 4. The van der Waals surface area contributed by atoms with Crippen LogP contribution < -0.4 is 8.60 Å². The monoisotopic (exact) mass is 508 g/mol. The highest BCUT2D eigenvalue weighted by molar-refractivity contribution is 6.04. The lowest BCUT2D eigenvalue weighted by Gasteiger charge is -2.29. The lowest BCUT2D eigenvalue weighted by Crippen LogP contribution is -2.31. The molecule has 0 aliphatic carbocycles. The van der Waals surface area contributed by atoms with Crippen LogP contribution in [0.2, 0.25) is 0 Å². The van der Waals surface area contributed by atoms with Crippen LogP contribution in [0.3, 0.4) is 0 Å². The lowest BCUT2D eigenvalue weighted by atomic mass is 9.87. The second-order valence-electron chi connectivity index (χ2n) is 11.5. The standard InChI is InChI=1S/C28H34N6.2Al/c1-27(2,3)23(29)25-31-15-21(33-25)19-11-7-17(8-12-19)18-9-13-20(14-10-18)22-16-32-26(34-22)24(30)28(4,5)6;;/h7-16,23-24,29-30H,1-6H3,(H,31,33)(H,32,34);;/q-2;2*+1/t23-,24-;;/m1../s1. The van der Waals surface area contributed by atoms with Crippen molar-refractivity contribution in [3.63, 3.8) is 0 Å². The van der Waals surface area contributed by atoms with Crippen molar-refractivity contribution in [2.75, 3.05) is 0 Å². The third-order valence-corrected chi connectivity index (χ3v) is 7.20. The quantitative estimate of drug-likeness (QED) is 0.243. The fraction of sp³-hybridized carbons (Fsp3) is 0.357. The smallest absolute Gasteiger partial charge is 0.252 e. The number of benzene rings is 2. The maximum Gasteiger partial charge on any atom is 0.252 e. The molecule has 4 rings (SSSR count). The molecule has 2 aromatic carbocycles. The summed E-state index contributed by atoms with van der Waals surface area (Å²) < 4.78 is 6.60. The normalized spacial score (nSPS) is 14.1. The van der Waals surface area contributed by atoms with E-state index >= 15 is 0 Å². The van der Waals surface area contributed by atoms with Gasteiger partial charge in [-0.25, -0.2) is 9.97 Å². The van der Waals surface area contributed by atoms with Crippen LogP contribution in [0.25, 0.3) is 33.6 Å². The van der Waals surface area contributed by atoms with Crippen molar-refractivity contribution in [2.45, 2.75) is 53.6 Å². The van der Waals surface area contributed by atoms with Gasteiger partial charge in [-0.2, -0.15) is 0 Å². The Hall–Kier alpha value is -2.16. The van der Waals surface area contributed by atoms with Crippen molar-refractivity contribution >= 4 is 33.0 Å². The summed E-state index contributed by atoms with van der Waals surface area (Å²) in [6.07, 6.45) is 3.82. The first-order valence-corrected chi connectivity index (χ1v) is 13.4. The van der Waals surface area contributed by atoms with Crippen molar-refractivity contribution in [3.05, 3.63) is 72.6 Å². The molecule has 0 bridgehead atoms. The Labute approximate surface area is 231 Å². The number of hydrogen-bond donors (Lipinski definition) is 4. The summed E-state index contributed by atoms with van der Waals surface area (Å²) in [6, 6.07) is 17.5. The summed E-state index contributed by atoms with van der Waals surface area (Å²) in [5, 5.41) is 0. The molecule has 0 aliphatic heterocycles. The highest BCUT2D eigenvalue weighted by atomic mass is 27.1. The Morgan fingerprint density at radius 2 is 0.889 bits per heavy atom. The molecule has 2 atom stereocenters. The van der Waals surface area contributed by atoms with Crippen LogP contribution in [0.15, 0.2) is 60.9 Å². The number of nitrogens with zero attached hydrogens (tertiary/aromatic N) is 2. The van der Waals surface area contributed by atoms with Gasteiger partial charge >= 0.3 is 0 Å². The predicted octanol–water partition coefficient (Wildman–Crippen LogP) is 5.65. The van der Waals surface area contributed by atoms with Crippen molar-refractivity contribution in [2.24, 2.45) is 10.8 Å². The van der Waals surface area contributed by atoms with Crippen LogP contribution in [0.5, 0.6) is 0 Å². The molecule has 6 nitrogen and oxygen atoms in total. The molecule has 0 fully saturated rings. The first kappa shape index (κ1) is 26.9. The number of imidazole rings is 2. The molecule has 0 saturated carbocycles. The van der Waals surface area contributed by atoms with E-state index in [9.17, 15) is 0 Å². The van der Waals surface area contributed by atoms with Crippen LogP contribution in [0.1, 0.15) is 65.3 Å². The molecule has 0 aliphatic rings. The zero-order valence-corrected chi connectivity index (χ0v) is 24.3. The molecule has 2 aromatic heterocycles. The van der Waals surface area contributed by atoms with E-state index in [0.717, 1.165) is 34.2 Å². The van der Waals surface area contributed by atoms with Gasteiger partial charge in [-0.3, -0.25) is 0 Å². The minimum absolute atomic E-state index is 0.0465. The first-order valence-electron chi connectivity index (χ1n) is 12.2. The summed E-state index contributed by atoms with van der Waals surface area (Å²) in [5.41, 5.74) is 6.72. The minimum atomic E-state index is 0.0465. The first-order chi connectivity index (χ1) is 17.0. The molecule has 4 N–H and O–H groups in total. The van der Waals surface area contributed by atoms with E-state index in [1.807, 2.05) is 12.4 Å². The van der Waals surface area contributed by atoms with Crippen molar-refractivity contribution in [1.82, 2.24) is 28.5 Å². The van der Waals surface area contributed by atoms with Crippen LogP contribution in [0.4, 0.5) is 0 Å². The second kappa shape index (κ2) is 10.7. The van der Waals surface area contributed by atoms with Crippen molar-refractivity contribution in [3.8, 4) is 33.6 Å². The Morgan fingerprint density at radius 1 is 0.583 bits per heavy atom. The van der Waals surface area contributed by atoms with Gasteiger partial charge in [0.05, 0.1) is 35.9 Å². The van der Waals surface area contributed by atoms with Gasteiger partial charge in [0, 0.05) is 0 Å². The summed E-state index contributed by atoms with van der Waals surface area (Å²) in [5.74, 6) is 1.88. The van der Waals surface area contributed by atoms with Gasteiger partial charge in [0.2, 0.25) is 0 Å². The summed E-state index contributed by atoms with van der Waals surface area (Å²) in [7, 11) is 0. The zero-order chi connectivity index (χ0) is 26.1. The van der Waals surface area contributed by atoms with Gasteiger partial charge in [0.15, 0.2) is 0 Å². The molecule has 0 saturated heterocycles. The van der Waals surface area contributed by atoms with Crippen molar-refractivity contribution < 1.29 is 0 Å². The molecular weight excluding hydrogens is 474 g/mol. The molecule has 0 unspecified atom stereocenters. The van der Waals surface area contributed by atoms with E-state index in [0.29, 0.717) is 0 Å². The number of hydrogen-bond acceptors (Lipinski definition) is 4. The highest BCUT2D eigenvalue weighted by Gasteiger charge is 2.27. The molecule has 0 spiro atoms. The van der Waals surface area contributed by atoms with Crippen LogP contribution in [-0.2, 0) is 0 Å². The highest BCUT2D eigenvalue weighted by Crippen LogP contribution is 2.34. The van der Waals surface area contributed by atoms with E-state index in [2.05, 4.69) is 152 Å². The number of rotatable bonds is 7. The van der Waals surface area contributed by atoms with E-state index in [1.54, 1.807) is 0 Å². The van der Waals surface area contributed by atoms with Gasteiger partial charge in [-0.05, 0) is 33.1 Å². The predicted molar refractivity (Wildman–Crippen MR) is 149 cm³/mol. The van der Waals surface area contributed by atoms with Gasteiger partial charge in [0.25, 0.3) is 33.0 Å². The fourth-order valence-electron chi connectivity index (χ4n) is 4.42. The van der Waals surface area contributed by atoms with E-state index in [-0.39, 0.29) is 22.9 Å². The molecule has 36 heavy (non-hydrogen) atoms. The van der Waals surface area contributed by atoms with Crippen LogP contribution >= 0.6 is 0 Å². The molecule has 182 valence electrons. The van der Waals surface area contributed by atoms with Gasteiger partial charge in [-0.15, -0.1) is 0 Å². The second-order valence-corrected chi connectivity index (χ2v) is 12.1. The maximum atomic E-state index is 4.64. The largest absolute Gasteiger partial charge is 0.406 e. The summed E-state index contributed by atoms with van der Waals surface area (Å²) in [6.45, 7) is 13.2. The average Bonchev–Trinajstić information content (AvgIpc) is 3.49. The Balaban J connectivity index is 1.50.